The summed E-state index contributed by atoms with van der Waals surface area (Å²) in [4.78, 5) is 0. The lowest BCUT2D eigenvalue weighted by Gasteiger charge is -2.27. The van der Waals surface area contributed by atoms with Crippen molar-refractivity contribution in [2.24, 2.45) is 0 Å². The fraction of sp³-hybridized carbons (Fsp3) is 0.333. The molecule has 0 spiro atoms. The molecule has 230 valence electrons. The number of rotatable bonds is 11. The quantitative estimate of drug-likeness (QED) is 0.112. The average molecular weight is 597 g/mol. The Morgan fingerprint density at radius 2 is 1.31 bits per heavy atom. The van der Waals surface area contributed by atoms with Gasteiger partial charge in [-0.15, -0.1) is 0 Å². The SMILES string of the molecule is CCC(C)c1ccc2cc(OC(OCCOc3ccc(C4CCCCC4)cc3)C3c4ccccc4-c4ccccc43)ccc2c1. The van der Waals surface area contributed by atoms with Crippen LogP contribution >= 0.6 is 0 Å². The van der Waals surface area contributed by atoms with Gasteiger partial charge in [-0.3, -0.25) is 0 Å². The first kappa shape index (κ1) is 29.6. The van der Waals surface area contributed by atoms with Gasteiger partial charge in [-0.05, 0) is 99.5 Å². The van der Waals surface area contributed by atoms with Crippen LogP contribution in [0.4, 0.5) is 0 Å². The van der Waals surface area contributed by atoms with Crippen LogP contribution in [0, 0.1) is 0 Å². The highest BCUT2D eigenvalue weighted by atomic mass is 16.7. The average Bonchev–Trinajstić information content (AvgIpc) is 3.44. The van der Waals surface area contributed by atoms with E-state index >= 15 is 0 Å². The van der Waals surface area contributed by atoms with Crippen molar-refractivity contribution in [2.45, 2.75) is 76.4 Å². The van der Waals surface area contributed by atoms with Crippen LogP contribution in [0.3, 0.4) is 0 Å². The molecule has 1 fully saturated rings. The molecule has 0 bridgehead atoms. The van der Waals surface area contributed by atoms with E-state index in [-0.39, 0.29) is 5.92 Å². The van der Waals surface area contributed by atoms with E-state index < -0.39 is 6.29 Å². The molecular formula is C42H44O3. The second kappa shape index (κ2) is 13.5. The van der Waals surface area contributed by atoms with Gasteiger partial charge in [-0.1, -0.05) is 118 Å². The second-order valence-corrected chi connectivity index (χ2v) is 12.8. The highest BCUT2D eigenvalue weighted by molar-refractivity contribution is 5.84. The zero-order valence-electron chi connectivity index (χ0n) is 26.6. The minimum atomic E-state index is -0.510. The lowest BCUT2D eigenvalue weighted by Crippen LogP contribution is -2.30. The summed E-state index contributed by atoms with van der Waals surface area (Å²) < 4.78 is 19.6. The molecule has 2 aliphatic carbocycles. The lowest BCUT2D eigenvalue weighted by molar-refractivity contribution is -0.0949. The first-order valence-corrected chi connectivity index (χ1v) is 16.9. The molecule has 2 aliphatic rings. The number of hydrogen-bond acceptors (Lipinski definition) is 3. The monoisotopic (exact) mass is 596 g/mol. The van der Waals surface area contributed by atoms with Gasteiger partial charge in [-0.2, -0.15) is 0 Å². The van der Waals surface area contributed by atoms with Crippen LogP contribution in [0.15, 0.2) is 109 Å². The van der Waals surface area contributed by atoms with E-state index in [1.807, 2.05) is 0 Å². The largest absolute Gasteiger partial charge is 0.491 e. The fourth-order valence-corrected chi connectivity index (χ4v) is 7.27. The van der Waals surface area contributed by atoms with E-state index in [2.05, 4.69) is 123 Å². The number of benzene rings is 5. The van der Waals surface area contributed by atoms with Crippen LogP contribution < -0.4 is 9.47 Å². The van der Waals surface area contributed by atoms with E-state index in [9.17, 15) is 0 Å². The Morgan fingerprint density at radius 1 is 0.667 bits per heavy atom. The minimum Gasteiger partial charge on any atom is -0.491 e. The summed E-state index contributed by atoms with van der Waals surface area (Å²) in [5, 5.41) is 2.41. The third-order valence-corrected chi connectivity index (χ3v) is 10.0. The van der Waals surface area contributed by atoms with Gasteiger partial charge >= 0.3 is 0 Å². The van der Waals surface area contributed by atoms with Gasteiger partial charge in [0.15, 0.2) is 0 Å². The number of fused-ring (bicyclic) bond motifs is 4. The van der Waals surface area contributed by atoms with Gasteiger partial charge in [0.1, 0.15) is 18.1 Å². The molecule has 5 aromatic carbocycles. The Morgan fingerprint density at radius 3 is 2.02 bits per heavy atom. The fourth-order valence-electron chi connectivity index (χ4n) is 7.27. The predicted octanol–water partition coefficient (Wildman–Crippen LogP) is 11.0. The first-order valence-electron chi connectivity index (χ1n) is 16.9. The van der Waals surface area contributed by atoms with Crippen LogP contribution in [0.25, 0.3) is 21.9 Å². The van der Waals surface area contributed by atoms with Crippen LogP contribution in [0.5, 0.6) is 11.5 Å². The Hall–Kier alpha value is -4.08. The molecule has 45 heavy (non-hydrogen) atoms. The highest BCUT2D eigenvalue weighted by Crippen LogP contribution is 2.47. The molecule has 7 rings (SSSR count). The zero-order chi connectivity index (χ0) is 30.6. The van der Waals surface area contributed by atoms with Gasteiger partial charge < -0.3 is 14.2 Å². The Balaban J connectivity index is 1.10. The molecule has 0 heterocycles. The van der Waals surface area contributed by atoms with E-state index in [1.165, 1.54) is 76.3 Å². The van der Waals surface area contributed by atoms with Crippen LogP contribution in [0.2, 0.25) is 0 Å². The van der Waals surface area contributed by atoms with Crippen molar-refractivity contribution >= 4 is 10.8 Å². The molecule has 2 unspecified atom stereocenters. The van der Waals surface area contributed by atoms with Gasteiger partial charge in [-0.25, -0.2) is 0 Å². The molecule has 3 heteroatoms. The number of ether oxygens (including phenoxy) is 3. The predicted molar refractivity (Wildman–Crippen MR) is 185 cm³/mol. The van der Waals surface area contributed by atoms with Gasteiger partial charge in [0, 0.05) is 0 Å². The minimum absolute atomic E-state index is 0.0457. The van der Waals surface area contributed by atoms with Crippen molar-refractivity contribution in [3.63, 3.8) is 0 Å². The maximum atomic E-state index is 6.78. The third kappa shape index (κ3) is 6.37. The summed E-state index contributed by atoms with van der Waals surface area (Å²) >= 11 is 0. The molecule has 1 saturated carbocycles. The lowest BCUT2D eigenvalue weighted by atomic mass is 9.84. The summed E-state index contributed by atoms with van der Waals surface area (Å²) in [6.45, 7) is 5.40. The Bertz CT molecular complexity index is 1690. The summed E-state index contributed by atoms with van der Waals surface area (Å²) in [6.07, 6.45) is 7.30. The van der Waals surface area contributed by atoms with Crippen molar-refractivity contribution in [1.29, 1.82) is 0 Å². The van der Waals surface area contributed by atoms with Crippen LogP contribution in [0.1, 0.15) is 92.4 Å². The van der Waals surface area contributed by atoms with Crippen molar-refractivity contribution in [3.8, 4) is 22.6 Å². The Labute approximate surface area is 268 Å². The standard InChI is InChI=1S/C42H44O3/c1-3-29(2)32-17-18-34-28-36(24-21-33(34)27-32)45-42(41-39-15-9-7-13-37(39)38-14-8-10-16-40(38)41)44-26-25-43-35-22-19-31(20-23-35)30-11-5-4-6-12-30/h7-10,13-24,27-30,41-42H,3-6,11-12,25-26H2,1-2H3. The number of hydrogen-bond donors (Lipinski definition) is 0. The topological polar surface area (TPSA) is 27.7 Å². The van der Waals surface area contributed by atoms with Gasteiger partial charge in [0.2, 0.25) is 6.29 Å². The van der Waals surface area contributed by atoms with Crippen molar-refractivity contribution < 1.29 is 14.2 Å². The third-order valence-electron chi connectivity index (χ3n) is 10.0. The smallest absolute Gasteiger partial charge is 0.211 e. The second-order valence-electron chi connectivity index (χ2n) is 12.8. The van der Waals surface area contributed by atoms with Crippen molar-refractivity contribution in [2.75, 3.05) is 13.2 Å². The summed E-state index contributed by atoms with van der Waals surface area (Å²) in [6, 6.07) is 39.2. The normalized spacial score (nSPS) is 16.2. The van der Waals surface area contributed by atoms with Crippen molar-refractivity contribution in [3.05, 3.63) is 131 Å². The maximum Gasteiger partial charge on any atom is 0.211 e. The zero-order valence-corrected chi connectivity index (χ0v) is 26.6. The molecule has 0 amide bonds. The molecule has 0 aliphatic heterocycles. The highest BCUT2D eigenvalue weighted by Gasteiger charge is 2.36. The molecule has 0 N–H and O–H groups in total. The van der Waals surface area contributed by atoms with E-state index in [4.69, 9.17) is 14.2 Å². The molecule has 5 aromatic rings. The van der Waals surface area contributed by atoms with E-state index in [0.717, 1.165) is 17.9 Å². The van der Waals surface area contributed by atoms with E-state index in [1.54, 1.807) is 0 Å². The summed E-state index contributed by atoms with van der Waals surface area (Å²) in [5.74, 6) is 2.89. The Kier molecular flexibility index (Phi) is 8.89. The molecule has 3 nitrogen and oxygen atoms in total. The van der Waals surface area contributed by atoms with E-state index in [0.29, 0.717) is 25.0 Å². The maximum absolute atomic E-state index is 6.78. The van der Waals surface area contributed by atoms with Gasteiger partial charge in [0.05, 0.1) is 12.5 Å². The van der Waals surface area contributed by atoms with Crippen LogP contribution in [-0.2, 0) is 4.74 Å². The molecule has 0 saturated heterocycles. The molecule has 0 aromatic heterocycles. The molecule has 2 atom stereocenters. The first-order chi connectivity index (χ1) is 22.2. The molecule has 0 radical (unpaired) electrons. The van der Waals surface area contributed by atoms with Crippen LogP contribution in [-0.4, -0.2) is 19.5 Å². The summed E-state index contributed by atoms with van der Waals surface area (Å²) in [7, 11) is 0. The summed E-state index contributed by atoms with van der Waals surface area (Å²) in [5.41, 5.74) is 7.80. The van der Waals surface area contributed by atoms with Crippen molar-refractivity contribution in [1.82, 2.24) is 0 Å². The van der Waals surface area contributed by atoms with Gasteiger partial charge in [0.25, 0.3) is 0 Å². The molecular weight excluding hydrogens is 552 g/mol.